The van der Waals surface area contributed by atoms with Crippen molar-refractivity contribution < 1.29 is 0 Å². The second-order valence-electron chi connectivity index (χ2n) is 5.13. The van der Waals surface area contributed by atoms with Crippen molar-refractivity contribution in [3.63, 3.8) is 0 Å². The minimum Gasteiger partial charge on any atom is -0.269 e. The summed E-state index contributed by atoms with van der Waals surface area (Å²) in [7, 11) is 0. The van der Waals surface area contributed by atoms with Gasteiger partial charge in [-0.3, -0.25) is 9.20 Å². The standard InChI is InChI=1S/C16H12N4OS2/c1-10-2-3-13-19-11(6-14(21)20(13)7-10)8-23-16-12-4-5-22-15(12)17-9-18-16/h2-7,9H,8H2,1H3. The predicted molar refractivity (Wildman–Crippen MR) is 93.2 cm³/mol. The van der Waals surface area contributed by atoms with Crippen molar-refractivity contribution in [3.8, 4) is 0 Å². The highest BCUT2D eigenvalue weighted by atomic mass is 32.2. The molecule has 0 radical (unpaired) electrons. The first-order valence-corrected chi connectivity index (χ1v) is 8.87. The molecule has 4 aromatic rings. The van der Waals surface area contributed by atoms with E-state index in [2.05, 4.69) is 15.0 Å². The van der Waals surface area contributed by atoms with Crippen LogP contribution in [0.4, 0.5) is 0 Å². The quantitative estimate of drug-likeness (QED) is 0.423. The van der Waals surface area contributed by atoms with E-state index in [1.807, 2.05) is 30.5 Å². The van der Waals surface area contributed by atoms with Gasteiger partial charge in [-0.15, -0.1) is 11.3 Å². The molecule has 0 fully saturated rings. The van der Waals surface area contributed by atoms with E-state index in [1.165, 1.54) is 0 Å². The highest BCUT2D eigenvalue weighted by Crippen LogP contribution is 2.29. The zero-order chi connectivity index (χ0) is 15.8. The fourth-order valence-corrected chi connectivity index (χ4v) is 4.03. The lowest BCUT2D eigenvalue weighted by molar-refractivity contribution is 1.000. The molecule has 0 saturated carbocycles. The van der Waals surface area contributed by atoms with E-state index in [4.69, 9.17) is 0 Å². The molecule has 0 bridgehead atoms. The predicted octanol–water partition coefficient (Wildman–Crippen LogP) is 3.30. The number of thioether (sulfide) groups is 1. The van der Waals surface area contributed by atoms with Crippen molar-refractivity contribution in [2.45, 2.75) is 17.7 Å². The van der Waals surface area contributed by atoms with Crippen molar-refractivity contribution in [2.24, 2.45) is 0 Å². The first-order chi connectivity index (χ1) is 11.2. The number of hydrogen-bond acceptors (Lipinski definition) is 6. The van der Waals surface area contributed by atoms with Crippen LogP contribution < -0.4 is 5.56 Å². The van der Waals surface area contributed by atoms with E-state index in [-0.39, 0.29) is 5.56 Å². The number of fused-ring (bicyclic) bond motifs is 2. The Balaban J connectivity index is 1.67. The molecule has 0 spiro atoms. The molecule has 0 aliphatic heterocycles. The number of nitrogens with zero attached hydrogens (tertiary/aromatic N) is 4. The van der Waals surface area contributed by atoms with Gasteiger partial charge >= 0.3 is 0 Å². The highest BCUT2D eigenvalue weighted by Gasteiger charge is 2.08. The van der Waals surface area contributed by atoms with Crippen LogP contribution in [0.25, 0.3) is 15.9 Å². The molecule has 0 saturated heterocycles. The summed E-state index contributed by atoms with van der Waals surface area (Å²) in [4.78, 5) is 26.3. The van der Waals surface area contributed by atoms with Gasteiger partial charge in [0.2, 0.25) is 0 Å². The van der Waals surface area contributed by atoms with Gasteiger partial charge in [-0.05, 0) is 30.0 Å². The molecule has 23 heavy (non-hydrogen) atoms. The molecule has 0 aromatic carbocycles. The Morgan fingerprint density at radius 1 is 1.26 bits per heavy atom. The SMILES string of the molecule is Cc1ccc2nc(CSc3ncnc4sccc34)cc(=O)n2c1. The summed E-state index contributed by atoms with van der Waals surface area (Å²) in [5.41, 5.74) is 2.40. The Bertz CT molecular complexity index is 1070. The second kappa shape index (κ2) is 5.75. The number of hydrogen-bond donors (Lipinski definition) is 0. The van der Waals surface area contributed by atoms with Crippen molar-refractivity contribution in [1.29, 1.82) is 0 Å². The number of aryl methyl sites for hydroxylation is 1. The lowest BCUT2D eigenvalue weighted by Gasteiger charge is -2.05. The molecular weight excluding hydrogens is 328 g/mol. The lowest BCUT2D eigenvalue weighted by Crippen LogP contribution is -2.15. The third-order valence-corrected chi connectivity index (χ3v) is 5.30. The zero-order valence-electron chi connectivity index (χ0n) is 12.3. The fourth-order valence-electron chi connectivity index (χ4n) is 2.36. The monoisotopic (exact) mass is 340 g/mol. The maximum absolute atomic E-state index is 12.2. The van der Waals surface area contributed by atoms with E-state index in [9.17, 15) is 4.79 Å². The fraction of sp³-hybridized carbons (Fsp3) is 0.125. The summed E-state index contributed by atoms with van der Waals surface area (Å²) < 4.78 is 1.57. The van der Waals surface area contributed by atoms with Crippen LogP contribution in [0.1, 0.15) is 11.3 Å². The smallest absolute Gasteiger partial charge is 0.258 e. The van der Waals surface area contributed by atoms with Crippen LogP contribution >= 0.6 is 23.1 Å². The van der Waals surface area contributed by atoms with Crippen molar-refractivity contribution >= 4 is 39.0 Å². The number of thiophene rings is 1. The van der Waals surface area contributed by atoms with Gasteiger partial charge in [0.05, 0.1) is 5.69 Å². The molecule has 5 nitrogen and oxygen atoms in total. The molecule has 0 N–H and O–H groups in total. The summed E-state index contributed by atoms with van der Waals surface area (Å²) in [6.45, 7) is 1.96. The number of pyridine rings is 1. The van der Waals surface area contributed by atoms with Gasteiger partial charge in [0.15, 0.2) is 0 Å². The highest BCUT2D eigenvalue weighted by molar-refractivity contribution is 7.98. The summed E-state index contributed by atoms with van der Waals surface area (Å²) in [5.74, 6) is 0.599. The van der Waals surface area contributed by atoms with Crippen LogP contribution in [-0.2, 0) is 5.75 Å². The summed E-state index contributed by atoms with van der Waals surface area (Å²) >= 11 is 3.17. The van der Waals surface area contributed by atoms with Gasteiger partial charge in [0.25, 0.3) is 5.56 Å². The van der Waals surface area contributed by atoms with Gasteiger partial charge in [0.1, 0.15) is 21.8 Å². The Kier molecular flexibility index (Phi) is 3.59. The topological polar surface area (TPSA) is 60.2 Å². The molecule has 0 aliphatic rings. The summed E-state index contributed by atoms with van der Waals surface area (Å²) in [5, 5.41) is 3.98. The van der Waals surface area contributed by atoms with E-state index in [1.54, 1.807) is 46.1 Å². The molecule has 0 aliphatic carbocycles. The molecule has 4 heterocycles. The van der Waals surface area contributed by atoms with Gasteiger partial charge in [-0.2, -0.15) is 0 Å². The van der Waals surface area contributed by atoms with Crippen LogP contribution in [0.3, 0.4) is 0 Å². The Morgan fingerprint density at radius 2 is 2.17 bits per heavy atom. The second-order valence-corrected chi connectivity index (χ2v) is 6.99. The van der Waals surface area contributed by atoms with Gasteiger partial charge in [-0.25, -0.2) is 15.0 Å². The Morgan fingerprint density at radius 3 is 3.09 bits per heavy atom. The van der Waals surface area contributed by atoms with Crippen LogP contribution in [0.5, 0.6) is 0 Å². The van der Waals surface area contributed by atoms with Crippen molar-refractivity contribution in [3.05, 3.63) is 63.8 Å². The first-order valence-electron chi connectivity index (χ1n) is 7.01. The molecule has 0 unspecified atom stereocenters. The van der Waals surface area contributed by atoms with Crippen LogP contribution in [-0.4, -0.2) is 19.4 Å². The molecule has 4 aromatic heterocycles. The average molecular weight is 340 g/mol. The third kappa shape index (κ3) is 2.73. The zero-order valence-corrected chi connectivity index (χ0v) is 13.9. The van der Waals surface area contributed by atoms with E-state index >= 15 is 0 Å². The number of aromatic nitrogens is 4. The van der Waals surface area contributed by atoms with Gasteiger partial charge in [-0.1, -0.05) is 17.8 Å². The van der Waals surface area contributed by atoms with E-state index in [0.717, 1.165) is 26.5 Å². The molecule has 114 valence electrons. The van der Waals surface area contributed by atoms with E-state index in [0.29, 0.717) is 11.4 Å². The van der Waals surface area contributed by atoms with Crippen LogP contribution in [0.15, 0.2) is 52.0 Å². The molecule has 0 atom stereocenters. The first kappa shape index (κ1) is 14.3. The largest absolute Gasteiger partial charge is 0.269 e. The minimum absolute atomic E-state index is 0.0577. The van der Waals surface area contributed by atoms with Crippen molar-refractivity contribution in [2.75, 3.05) is 0 Å². The maximum atomic E-state index is 12.2. The third-order valence-electron chi connectivity index (χ3n) is 3.44. The molecule has 7 heteroatoms. The summed E-state index contributed by atoms with van der Waals surface area (Å²) in [6.07, 6.45) is 3.38. The minimum atomic E-state index is -0.0577. The number of rotatable bonds is 3. The summed E-state index contributed by atoms with van der Waals surface area (Å²) in [6, 6.07) is 7.43. The maximum Gasteiger partial charge on any atom is 0.258 e. The normalized spacial score (nSPS) is 11.3. The average Bonchev–Trinajstić information content (AvgIpc) is 3.03. The molecule has 4 rings (SSSR count). The molecule has 0 amide bonds. The van der Waals surface area contributed by atoms with Crippen LogP contribution in [0.2, 0.25) is 0 Å². The van der Waals surface area contributed by atoms with Crippen LogP contribution in [0, 0.1) is 6.92 Å². The van der Waals surface area contributed by atoms with Gasteiger partial charge in [0, 0.05) is 23.4 Å². The Hall–Kier alpha value is -2.25. The Labute approximate surface area is 140 Å². The van der Waals surface area contributed by atoms with Gasteiger partial charge < -0.3 is 0 Å². The van der Waals surface area contributed by atoms with Crippen molar-refractivity contribution in [1.82, 2.24) is 19.4 Å². The molecular formula is C16H12N4OS2. The van der Waals surface area contributed by atoms with E-state index < -0.39 is 0 Å². The lowest BCUT2D eigenvalue weighted by atomic mass is 10.3.